The first kappa shape index (κ1) is 11.2. The molecule has 0 unspecified atom stereocenters. The summed E-state index contributed by atoms with van der Waals surface area (Å²) in [7, 11) is 0. The van der Waals surface area contributed by atoms with Crippen molar-refractivity contribution in [2.24, 2.45) is 0 Å². The molecule has 2 aromatic rings. The van der Waals surface area contributed by atoms with Gasteiger partial charge in [0.1, 0.15) is 0 Å². The fraction of sp³-hybridized carbons (Fsp3) is 0.250. The average molecular weight is 251 g/mol. The number of benzene rings is 1. The van der Waals surface area contributed by atoms with Gasteiger partial charge in [-0.15, -0.1) is 0 Å². The number of hydrogen-bond donors (Lipinski definition) is 1. The number of nitrogens with zero attached hydrogens (tertiary/aromatic N) is 2. The highest BCUT2D eigenvalue weighted by Gasteiger charge is 2.20. The SMILES string of the molecule is Nc1nn(-c2ccc(F)c(F)c2)c2c1COCC2. The minimum absolute atomic E-state index is 0.370. The van der Waals surface area contributed by atoms with Crippen LogP contribution in [0.5, 0.6) is 0 Å². The Morgan fingerprint density at radius 1 is 1.28 bits per heavy atom. The maximum atomic E-state index is 13.2. The van der Waals surface area contributed by atoms with Crippen molar-refractivity contribution in [3.05, 3.63) is 41.1 Å². The van der Waals surface area contributed by atoms with Crippen LogP contribution in [0.2, 0.25) is 0 Å². The number of ether oxygens (including phenoxy) is 1. The van der Waals surface area contributed by atoms with Crippen LogP contribution >= 0.6 is 0 Å². The molecule has 2 heterocycles. The maximum Gasteiger partial charge on any atom is 0.160 e. The molecule has 1 aliphatic rings. The lowest BCUT2D eigenvalue weighted by atomic mass is 10.1. The molecule has 1 aromatic carbocycles. The summed E-state index contributed by atoms with van der Waals surface area (Å²) in [5.74, 6) is -1.41. The van der Waals surface area contributed by atoms with E-state index in [0.717, 1.165) is 23.4 Å². The molecule has 6 heteroatoms. The van der Waals surface area contributed by atoms with Crippen LogP contribution in [0.3, 0.4) is 0 Å². The Labute approximate surface area is 102 Å². The van der Waals surface area contributed by atoms with Crippen LogP contribution in [0.15, 0.2) is 18.2 Å². The second kappa shape index (κ2) is 4.06. The molecule has 0 radical (unpaired) electrons. The fourth-order valence-electron chi connectivity index (χ4n) is 2.09. The molecule has 2 N–H and O–H groups in total. The van der Waals surface area contributed by atoms with Gasteiger partial charge in [0.05, 0.1) is 24.6 Å². The molecular formula is C12H11F2N3O. The number of aromatic nitrogens is 2. The van der Waals surface area contributed by atoms with E-state index in [-0.39, 0.29) is 0 Å². The highest BCUT2D eigenvalue weighted by atomic mass is 19.2. The van der Waals surface area contributed by atoms with Crippen molar-refractivity contribution in [3.8, 4) is 5.69 Å². The summed E-state index contributed by atoms with van der Waals surface area (Å²) < 4.78 is 33.0. The third kappa shape index (κ3) is 1.65. The molecule has 1 aromatic heterocycles. The normalized spacial score (nSPS) is 14.6. The van der Waals surface area contributed by atoms with Gasteiger partial charge in [-0.1, -0.05) is 0 Å². The van der Waals surface area contributed by atoms with Gasteiger partial charge >= 0.3 is 0 Å². The van der Waals surface area contributed by atoms with Crippen LogP contribution in [0.25, 0.3) is 5.69 Å². The Kier molecular flexibility index (Phi) is 2.52. The number of nitrogen functional groups attached to an aromatic ring is 1. The summed E-state index contributed by atoms with van der Waals surface area (Å²) in [6, 6.07) is 3.66. The van der Waals surface area contributed by atoms with Gasteiger partial charge in [-0.2, -0.15) is 5.10 Å². The number of anilines is 1. The van der Waals surface area contributed by atoms with Crippen molar-refractivity contribution in [1.29, 1.82) is 0 Å². The van der Waals surface area contributed by atoms with Gasteiger partial charge in [0.2, 0.25) is 0 Å². The molecule has 0 atom stereocenters. The number of hydrogen-bond acceptors (Lipinski definition) is 3. The molecule has 94 valence electrons. The Morgan fingerprint density at radius 2 is 2.11 bits per heavy atom. The molecule has 0 spiro atoms. The Hall–Kier alpha value is -1.95. The maximum absolute atomic E-state index is 13.2. The van der Waals surface area contributed by atoms with Crippen molar-refractivity contribution in [3.63, 3.8) is 0 Å². The summed E-state index contributed by atoms with van der Waals surface area (Å²) in [5, 5.41) is 4.16. The third-order valence-corrected chi connectivity index (χ3v) is 3.00. The van der Waals surface area contributed by atoms with E-state index >= 15 is 0 Å². The van der Waals surface area contributed by atoms with Crippen molar-refractivity contribution < 1.29 is 13.5 Å². The van der Waals surface area contributed by atoms with Crippen LogP contribution in [-0.2, 0) is 17.8 Å². The number of rotatable bonds is 1. The zero-order chi connectivity index (χ0) is 12.7. The second-order valence-electron chi connectivity index (χ2n) is 4.12. The van der Waals surface area contributed by atoms with Gasteiger partial charge in [0, 0.05) is 18.1 Å². The fourth-order valence-corrected chi connectivity index (χ4v) is 2.09. The van der Waals surface area contributed by atoms with Crippen LogP contribution in [0, 0.1) is 11.6 Å². The largest absolute Gasteiger partial charge is 0.382 e. The molecule has 1 aliphatic heterocycles. The molecule has 0 fully saturated rings. The van der Waals surface area contributed by atoms with Crippen LogP contribution in [0.4, 0.5) is 14.6 Å². The monoisotopic (exact) mass is 251 g/mol. The Balaban J connectivity index is 2.14. The zero-order valence-corrected chi connectivity index (χ0v) is 9.49. The van der Waals surface area contributed by atoms with Crippen molar-refractivity contribution >= 4 is 5.82 Å². The summed E-state index contributed by atoms with van der Waals surface area (Å²) in [5.41, 5.74) is 7.97. The lowest BCUT2D eigenvalue weighted by Crippen LogP contribution is -2.13. The van der Waals surface area contributed by atoms with Crippen molar-refractivity contribution in [2.45, 2.75) is 13.0 Å². The van der Waals surface area contributed by atoms with Gasteiger partial charge in [-0.05, 0) is 12.1 Å². The molecule has 3 rings (SSSR count). The zero-order valence-electron chi connectivity index (χ0n) is 9.49. The Bertz CT molecular complexity index is 610. The molecule has 0 amide bonds. The lowest BCUT2D eigenvalue weighted by Gasteiger charge is -2.14. The first-order chi connectivity index (χ1) is 8.66. The van der Waals surface area contributed by atoms with E-state index in [2.05, 4.69) is 5.10 Å². The number of halogens is 2. The van der Waals surface area contributed by atoms with Crippen LogP contribution < -0.4 is 5.73 Å². The van der Waals surface area contributed by atoms with Gasteiger partial charge in [-0.25, -0.2) is 13.5 Å². The predicted molar refractivity (Wildman–Crippen MR) is 61.3 cm³/mol. The number of fused-ring (bicyclic) bond motifs is 1. The quantitative estimate of drug-likeness (QED) is 0.840. The van der Waals surface area contributed by atoms with E-state index in [0.29, 0.717) is 31.1 Å². The van der Waals surface area contributed by atoms with E-state index in [1.165, 1.54) is 6.07 Å². The molecule has 0 saturated heterocycles. The molecule has 4 nitrogen and oxygen atoms in total. The second-order valence-corrected chi connectivity index (χ2v) is 4.12. The van der Waals surface area contributed by atoms with Gasteiger partial charge < -0.3 is 10.5 Å². The van der Waals surface area contributed by atoms with E-state index in [4.69, 9.17) is 10.5 Å². The smallest absolute Gasteiger partial charge is 0.160 e. The van der Waals surface area contributed by atoms with Gasteiger partial charge in [0.15, 0.2) is 17.5 Å². The molecule has 18 heavy (non-hydrogen) atoms. The van der Waals surface area contributed by atoms with Crippen molar-refractivity contribution in [1.82, 2.24) is 9.78 Å². The molecular weight excluding hydrogens is 240 g/mol. The van der Waals surface area contributed by atoms with Gasteiger partial charge in [-0.3, -0.25) is 0 Å². The lowest BCUT2D eigenvalue weighted by molar-refractivity contribution is 0.110. The van der Waals surface area contributed by atoms with Gasteiger partial charge in [0.25, 0.3) is 0 Å². The highest BCUT2D eigenvalue weighted by Crippen LogP contribution is 2.25. The van der Waals surface area contributed by atoms with Crippen molar-refractivity contribution in [2.75, 3.05) is 12.3 Å². The minimum atomic E-state index is -0.901. The average Bonchev–Trinajstić information content (AvgIpc) is 2.71. The van der Waals surface area contributed by atoms with Crippen LogP contribution in [-0.4, -0.2) is 16.4 Å². The summed E-state index contributed by atoms with van der Waals surface area (Å²) in [6.45, 7) is 0.979. The molecule has 0 aliphatic carbocycles. The van der Waals surface area contributed by atoms with E-state index in [9.17, 15) is 8.78 Å². The minimum Gasteiger partial charge on any atom is -0.382 e. The van der Waals surface area contributed by atoms with E-state index < -0.39 is 11.6 Å². The van der Waals surface area contributed by atoms with E-state index in [1.807, 2.05) is 0 Å². The first-order valence-corrected chi connectivity index (χ1v) is 5.56. The first-order valence-electron chi connectivity index (χ1n) is 5.56. The summed E-state index contributed by atoms with van der Waals surface area (Å²) >= 11 is 0. The molecule has 0 saturated carbocycles. The highest BCUT2D eigenvalue weighted by molar-refractivity contribution is 5.47. The third-order valence-electron chi connectivity index (χ3n) is 3.00. The van der Waals surface area contributed by atoms with Crippen LogP contribution in [0.1, 0.15) is 11.3 Å². The van der Waals surface area contributed by atoms with E-state index in [1.54, 1.807) is 4.68 Å². The summed E-state index contributed by atoms with van der Waals surface area (Å²) in [6.07, 6.45) is 0.651. The standard InChI is InChI=1S/C12H11F2N3O/c13-9-2-1-7(5-10(9)14)17-11-3-4-18-6-8(11)12(15)16-17/h1-2,5H,3-4,6H2,(H2,15,16). The number of nitrogens with two attached hydrogens (primary N) is 1. The topological polar surface area (TPSA) is 53.1 Å². The Morgan fingerprint density at radius 3 is 2.89 bits per heavy atom. The predicted octanol–water partition coefficient (Wildman–Crippen LogP) is 1.81. The molecule has 0 bridgehead atoms. The summed E-state index contributed by atoms with van der Waals surface area (Å²) in [4.78, 5) is 0.